The lowest BCUT2D eigenvalue weighted by atomic mass is 9.97. The lowest BCUT2D eigenvalue weighted by molar-refractivity contribution is -0.131. The zero-order valence-corrected chi connectivity index (χ0v) is 16.3. The number of nitrogens with one attached hydrogen (secondary N) is 1. The highest BCUT2D eigenvalue weighted by molar-refractivity contribution is 6.15. The Bertz CT molecular complexity index is 861. The van der Waals surface area contributed by atoms with Crippen LogP contribution in [0.1, 0.15) is 46.0 Å². The van der Waals surface area contributed by atoms with E-state index in [2.05, 4.69) is 5.32 Å². The minimum absolute atomic E-state index is 0. The van der Waals surface area contributed by atoms with Gasteiger partial charge in [-0.15, -0.1) is 12.4 Å². The van der Waals surface area contributed by atoms with E-state index in [4.69, 9.17) is 9.47 Å². The molecule has 1 aliphatic heterocycles. The molecule has 0 aromatic heterocycles. The van der Waals surface area contributed by atoms with E-state index in [-0.39, 0.29) is 47.5 Å². The molecule has 1 atom stereocenters. The molecular formula is C21H22ClNO5. The Hall–Kier alpha value is -2.70. The van der Waals surface area contributed by atoms with E-state index in [1.54, 1.807) is 48.5 Å². The number of ketones is 1. The van der Waals surface area contributed by atoms with Gasteiger partial charge in [0.05, 0.1) is 11.1 Å². The molecular weight excluding hydrogens is 382 g/mol. The van der Waals surface area contributed by atoms with E-state index >= 15 is 0 Å². The number of halogens is 1. The highest BCUT2D eigenvalue weighted by atomic mass is 35.5. The van der Waals surface area contributed by atoms with E-state index in [1.165, 1.54) is 6.92 Å². The van der Waals surface area contributed by atoms with Crippen LogP contribution in [-0.2, 0) is 9.53 Å². The van der Waals surface area contributed by atoms with Crippen LogP contribution in [0.15, 0.2) is 48.5 Å². The molecule has 1 saturated heterocycles. The molecule has 1 unspecified atom stereocenters. The molecule has 28 heavy (non-hydrogen) atoms. The molecule has 0 amide bonds. The molecule has 3 rings (SSSR count). The van der Waals surface area contributed by atoms with Gasteiger partial charge in [0.2, 0.25) is 0 Å². The Kier molecular flexibility index (Phi) is 7.72. The fourth-order valence-corrected chi connectivity index (χ4v) is 3.06. The second kappa shape index (κ2) is 10.0. The van der Waals surface area contributed by atoms with Gasteiger partial charge in [0, 0.05) is 18.5 Å². The zero-order chi connectivity index (χ0) is 19.2. The highest BCUT2D eigenvalue weighted by Gasteiger charge is 2.23. The van der Waals surface area contributed by atoms with Crippen molar-refractivity contribution < 1.29 is 23.9 Å². The third kappa shape index (κ3) is 5.18. The van der Waals surface area contributed by atoms with Gasteiger partial charge in [0.1, 0.15) is 12.4 Å². The van der Waals surface area contributed by atoms with Crippen molar-refractivity contribution in [3.05, 3.63) is 65.2 Å². The Balaban J connectivity index is 0.00000280. The summed E-state index contributed by atoms with van der Waals surface area (Å²) in [5.74, 6) is -1.31. The van der Waals surface area contributed by atoms with Crippen LogP contribution in [0.5, 0.6) is 5.75 Å². The number of hydrogen-bond acceptors (Lipinski definition) is 6. The van der Waals surface area contributed by atoms with Crippen LogP contribution >= 0.6 is 12.4 Å². The summed E-state index contributed by atoms with van der Waals surface area (Å²) in [6.45, 7) is 2.46. The maximum Gasteiger partial charge on any atom is 0.338 e. The van der Waals surface area contributed by atoms with Crippen LogP contribution in [0.4, 0.5) is 0 Å². The van der Waals surface area contributed by atoms with Gasteiger partial charge in [-0.05, 0) is 37.6 Å². The van der Waals surface area contributed by atoms with Crippen molar-refractivity contribution in [1.29, 1.82) is 0 Å². The standard InChI is InChI=1S/C21H21NO5.ClH/c1-14(23)27-19-11-5-4-10-18(19)20(24)16-8-2-3-9-17(16)21(25)26-13-15-7-6-12-22-15;/h2-5,8-11,15,22H,6-7,12-13H2,1H3;1H. The molecule has 148 valence electrons. The smallest absolute Gasteiger partial charge is 0.338 e. The predicted molar refractivity (Wildman–Crippen MR) is 106 cm³/mol. The van der Waals surface area contributed by atoms with Gasteiger partial charge in [0.25, 0.3) is 0 Å². The molecule has 0 bridgehead atoms. The van der Waals surface area contributed by atoms with Crippen molar-refractivity contribution >= 4 is 30.1 Å². The van der Waals surface area contributed by atoms with Crippen LogP contribution in [0, 0.1) is 0 Å². The number of rotatable bonds is 6. The maximum absolute atomic E-state index is 13.0. The van der Waals surface area contributed by atoms with Gasteiger partial charge in [-0.2, -0.15) is 0 Å². The average Bonchev–Trinajstić information content (AvgIpc) is 3.19. The number of para-hydroxylation sites is 1. The SMILES string of the molecule is CC(=O)Oc1ccccc1C(=O)c1ccccc1C(=O)OCC1CCCN1.Cl. The predicted octanol–water partition coefficient (Wildman–Crippen LogP) is 3.17. The first-order valence-electron chi connectivity index (χ1n) is 8.88. The Morgan fingerprint density at radius 1 is 1.00 bits per heavy atom. The molecule has 1 aliphatic rings. The van der Waals surface area contributed by atoms with Crippen LogP contribution in [0.3, 0.4) is 0 Å². The Morgan fingerprint density at radius 2 is 1.64 bits per heavy atom. The summed E-state index contributed by atoms with van der Waals surface area (Å²) in [5, 5.41) is 3.26. The minimum atomic E-state index is -0.544. The third-order valence-corrected chi connectivity index (χ3v) is 4.35. The summed E-state index contributed by atoms with van der Waals surface area (Å²) in [4.78, 5) is 36.9. The van der Waals surface area contributed by atoms with Gasteiger partial charge in [-0.1, -0.05) is 30.3 Å². The first-order valence-corrected chi connectivity index (χ1v) is 8.88. The number of hydrogen-bond donors (Lipinski definition) is 1. The van der Waals surface area contributed by atoms with Gasteiger partial charge in [-0.25, -0.2) is 4.79 Å². The molecule has 6 nitrogen and oxygen atoms in total. The third-order valence-electron chi connectivity index (χ3n) is 4.35. The Labute approximate surface area is 169 Å². The van der Waals surface area contributed by atoms with E-state index in [9.17, 15) is 14.4 Å². The van der Waals surface area contributed by atoms with Crippen LogP contribution in [0.25, 0.3) is 0 Å². The van der Waals surface area contributed by atoms with Crippen LogP contribution < -0.4 is 10.1 Å². The summed E-state index contributed by atoms with van der Waals surface area (Å²) in [7, 11) is 0. The maximum atomic E-state index is 13.0. The van der Waals surface area contributed by atoms with E-state index < -0.39 is 17.7 Å². The zero-order valence-electron chi connectivity index (χ0n) is 15.5. The summed E-state index contributed by atoms with van der Waals surface area (Å²) in [6.07, 6.45) is 2.02. The van der Waals surface area contributed by atoms with Crippen molar-refractivity contribution in [3.63, 3.8) is 0 Å². The summed E-state index contributed by atoms with van der Waals surface area (Å²) >= 11 is 0. The molecule has 1 heterocycles. The van der Waals surface area contributed by atoms with Gasteiger partial charge in [-0.3, -0.25) is 9.59 Å². The number of carbonyl (C=O) groups excluding carboxylic acids is 3. The highest BCUT2D eigenvalue weighted by Crippen LogP contribution is 2.24. The molecule has 0 spiro atoms. The lowest BCUT2D eigenvalue weighted by Gasteiger charge is -2.13. The first-order chi connectivity index (χ1) is 13.1. The topological polar surface area (TPSA) is 81.7 Å². The first kappa shape index (κ1) is 21.6. The number of benzene rings is 2. The normalized spacial score (nSPS) is 15.4. The van der Waals surface area contributed by atoms with Crippen molar-refractivity contribution in [2.24, 2.45) is 0 Å². The molecule has 0 radical (unpaired) electrons. The number of ether oxygens (including phenoxy) is 2. The lowest BCUT2D eigenvalue weighted by Crippen LogP contribution is -2.28. The monoisotopic (exact) mass is 403 g/mol. The van der Waals surface area contributed by atoms with Crippen molar-refractivity contribution in [2.45, 2.75) is 25.8 Å². The van der Waals surface area contributed by atoms with Crippen molar-refractivity contribution in [2.75, 3.05) is 13.2 Å². The van der Waals surface area contributed by atoms with E-state index in [0.717, 1.165) is 19.4 Å². The molecule has 1 fully saturated rings. The molecule has 0 aliphatic carbocycles. The summed E-state index contributed by atoms with van der Waals surface area (Å²) < 4.78 is 10.5. The average molecular weight is 404 g/mol. The molecule has 7 heteroatoms. The summed E-state index contributed by atoms with van der Waals surface area (Å²) in [5.41, 5.74) is 0.616. The van der Waals surface area contributed by atoms with Crippen molar-refractivity contribution in [1.82, 2.24) is 5.32 Å². The molecule has 2 aromatic rings. The van der Waals surface area contributed by atoms with Crippen molar-refractivity contribution in [3.8, 4) is 5.75 Å². The number of esters is 2. The second-order valence-electron chi connectivity index (χ2n) is 6.36. The molecule has 0 saturated carbocycles. The fourth-order valence-electron chi connectivity index (χ4n) is 3.06. The van der Waals surface area contributed by atoms with Gasteiger partial charge >= 0.3 is 11.9 Å². The fraction of sp³-hybridized carbons (Fsp3) is 0.286. The number of carbonyl (C=O) groups is 3. The summed E-state index contributed by atoms with van der Waals surface area (Å²) in [6, 6.07) is 13.1. The minimum Gasteiger partial charge on any atom is -0.460 e. The quantitative estimate of drug-likeness (QED) is 0.453. The Morgan fingerprint density at radius 3 is 2.29 bits per heavy atom. The van der Waals surface area contributed by atoms with Gasteiger partial charge in [0.15, 0.2) is 5.78 Å². The largest absolute Gasteiger partial charge is 0.460 e. The molecule has 1 N–H and O–H groups in total. The molecule has 2 aromatic carbocycles. The van der Waals surface area contributed by atoms with Crippen LogP contribution in [0.2, 0.25) is 0 Å². The van der Waals surface area contributed by atoms with Gasteiger partial charge < -0.3 is 14.8 Å². The van der Waals surface area contributed by atoms with E-state index in [0.29, 0.717) is 0 Å². The van der Waals surface area contributed by atoms with E-state index in [1.807, 2.05) is 0 Å². The van der Waals surface area contributed by atoms with Crippen LogP contribution in [-0.4, -0.2) is 36.9 Å². The second-order valence-corrected chi connectivity index (χ2v) is 6.36.